The molecule has 0 N–H and O–H groups in total. The summed E-state index contributed by atoms with van der Waals surface area (Å²) in [6.07, 6.45) is 6.51. The van der Waals surface area contributed by atoms with Gasteiger partial charge in [0.15, 0.2) is 0 Å². The first-order valence-corrected chi connectivity index (χ1v) is 6.53. The molecule has 0 atom stereocenters. The van der Waals surface area contributed by atoms with Crippen LogP contribution >= 0.6 is 0 Å². The topological polar surface area (TPSA) is 36.9 Å². The minimum atomic E-state index is -0.400. The maximum atomic E-state index is 5.56. The molecule has 0 fully saturated rings. The molecule has 0 aliphatic carbocycles. The van der Waals surface area contributed by atoms with E-state index in [1.807, 2.05) is 0 Å². The molecule has 0 amide bonds. The van der Waals surface area contributed by atoms with Gasteiger partial charge < -0.3 is 18.9 Å². The fraction of sp³-hybridized carbons (Fsp3) is 0.500. The van der Waals surface area contributed by atoms with Crippen molar-refractivity contribution in [3.05, 3.63) is 50.8 Å². The van der Waals surface area contributed by atoms with E-state index in [0.29, 0.717) is 46.2 Å². The summed E-state index contributed by atoms with van der Waals surface area (Å²) >= 11 is 0. The zero-order chi connectivity index (χ0) is 15.1. The third-order valence-electron chi connectivity index (χ3n) is 2.44. The van der Waals surface area contributed by atoms with Crippen molar-refractivity contribution in [2.45, 2.75) is 0 Å². The molecule has 0 aromatic rings. The zero-order valence-electron chi connectivity index (χ0n) is 12.2. The van der Waals surface area contributed by atoms with Crippen molar-refractivity contribution in [2.75, 3.05) is 46.2 Å². The molecule has 0 radical (unpaired) electrons. The minimum absolute atomic E-state index is 0.400. The lowest BCUT2D eigenvalue weighted by Gasteiger charge is -2.32. The first-order chi connectivity index (χ1) is 9.74. The molecule has 0 unspecified atom stereocenters. The normalized spacial score (nSPS) is 10.8. The molecular formula is C16H26O4. The van der Waals surface area contributed by atoms with Crippen LogP contribution in [0.4, 0.5) is 0 Å². The predicted molar refractivity (Wildman–Crippen MR) is 81.6 cm³/mol. The van der Waals surface area contributed by atoms with E-state index in [1.54, 1.807) is 18.2 Å². The van der Waals surface area contributed by atoms with Gasteiger partial charge in [0.2, 0.25) is 0 Å². The Morgan fingerprint density at radius 1 is 0.650 bits per heavy atom. The summed E-state index contributed by atoms with van der Waals surface area (Å²) < 4.78 is 22.0. The molecule has 0 aliphatic rings. The van der Waals surface area contributed by atoms with E-state index in [4.69, 9.17) is 18.9 Å². The molecule has 0 aromatic carbocycles. The summed E-state index contributed by atoms with van der Waals surface area (Å²) in [7, 11) is 0. The second-order valence-corrected chi connectivity index (χ2v) is 4.39. The van der Waals surface area contributed by atoms with Gasteiger partial charge in [-0.15, -0.1) is 19.7 Å². The molecule has 0 rings (SSSR count). The highest BCUT2D eigenvalue weighted by atomic mass is 16.5. The molecular weight excluding hydrogens is 256 g/mol. The lowest BCUT2D eigenvalue weighted by molar-refractivity contribution is -0.0843. The maximum absolute atomic E-state index is 5.56. The van der Waals surface area contributed by atoms with Crippen LogP contribution < -0.4 is 0 Å². The van der Waals surface area contributed by atoms with Gasteiger partial charge in [0.05, 0.1) is 57.9 Å². The summed E-state index contributed by atoms with van der Waals surface area (Å²) in [6.45, 7) is 17.6. The van der Waals surface area contributed by atoms with E-state index < -0.39 is 5.41 Å². The molecule has 114 valence electrons. The van der Waals surface area contributed by atoms with Crippen molar-refractivity contribution >= 4 is 0 Å². The highest BCUT2D eigenvalue weighted by Gasteiger charge is 2.32. The summed E-state index contributed by atoms with van der Waals surface area (Å²) in [5, 5.41) is 0. The van der Waals surface area contributed by atoms with Crippen LogP contribution in [0.1, 0.15) is 0 Å². The van der Waals surface area contributed by atoms with Gasteiger partial charge in [-0.2, -0.15) is 0 Å². The largest absolute Gasteiger partial charge is 0.501 e. The van der Waals surface area contributed by atoms with Crippen LogP contribution in [-0.4, -0.2) is 46.2 Å². The van der Waals surface area contributed by atoms with E-state index >= 15 is 0 Å². The standard InChI is InChI=1S/C16H26O4/c1-5-9-18-13-16(12-17-8-4,14-19-10-6-2)15-20-11-7-3/h5-8H,1-4,9-15H2. The molecule has 20 heavy (non-hydrogen) atoms. The summed E-state index contributed by atoms with van der Waals surface area (Å²) in [5.41, 5.74) is -0.400. The molecule has 0 spiro atoms. The van der Waals surface area contributed by atoms with Crippen LogP contribution in [0.5, 0.6) is 0 Å². The lowest BCUT2D eigenvalue weighted by atomic mass is 9.92. The average Bonchev–Trinajstić information content (AvgIpc) is 2.46. The Hall–Kier alpha value is -1.36. The first kappa shape index (κ1) is 18.6. The van der Waals surface area contributed by atoms with Gasteiger partial charge in [0.25, 0.3) is 0 Å². The highest BCUT2D eigenvalue weighted by Crippen LogP contribution is 2.21. The zero-order valence-corrected chi connectivity index (χ0v) is 12.2. The molecule has 0 heterocycles. The van der Waals surface area contributed by atoms with Crippen LogP contribution in [-0.2, 0) is 18.9 Å². The Balaban J connectivity index is 4.62. The van der Waals surface area contributed by atoms with E-state index in [1.165, 1.54) is 6.26 Å². The molecule has 4 nitrogen and oxygen atoms in total. The molecule has 0 bridgehead atoms. The summed E-state index contributed by atoms with van der Waals surface area (Å²) in [6, 6.07) is 0. The third-order valence-corrected chi connectivity index (χ3v) is 2.44. The summed E-state index contributed by atoms with van der Waals surface area (Å²) in [5.74, 6) is 0. The van der Waals surface area contributed by atoms with Crippen LogP contribution in [0.3, 0.4) is 0 Å². The quantitative estimate of drug-likeness (QED) is 0.263. The van der Waals surface area contributed by atoms with Crippen molar-refractivity contribution in [3.8, 4) is 0 Å². The first-order valence-electron chi connectivity index (χ1n) is 6.53. The van der Waals surface area contributed by atoms with Gasteiger partial charge in [0, 0.05) is 0 Å². The molecule has 0 aromatic heterocycles. The Bertz CT molecular complexity index is 250. The Kier molecular flexibility index (Phi) is 11.8. The maximum Gasteiger partial charge on any atom is 0.0995 e. The highest BCUT2D eigenvalue weighted by molar-refractivity contribution is 4.82. The van der Waals surface area contributed by atoms with Crippen LogP contribution in [0.15, 0.2) is 50.8 Å². The smallest absolute Gasteiger partial charge is 0.0995 e. The van der Waals surface area contributed by atoms with E-state index in [0.717, 1.165) is 0 Å². The van der Waals surface area contributed by atoms with Crippen LogP contribution in [0.2, 0.25) is 0 Å². The van der Waals surface area contributed by atoms with Crippen molar-refractivity contribution in [2.24, 2.45) is 5.41 Å². The van der Waals surface area contributed by atoms with Crippen LogP contribution in [0, 0.1) is 5.41 Å². The number of rotatable bonds is 15. The van der Waals surface area contributed by atoms with E-state index in [-0.39, 0.29) is 0 Å². The Morgan fingerprint density at radius 3 is 1.35 bits per heavy atom. The molecule has 0 saturated carbocycles. The van der Waals surface area contributed by atoms with Crippen molar-refractivity contribution in [3.63, 3.8) is 0 Å². The lowest BCUT2D eigenvalue weighted by Crippen LogP contribution is -2.41. The second kappa shape index (κ2) is 12.7. The predicted octanol–water partition coefficient (Wildman–Crippen LogP) is 2.74. The van der Waals surface area contributed by atoms with Gasteiger partial charge in [-0.1, -0.05) is 24.8 Å². The number of ether oxygens (including phenoxy) is 4. The second-order valence-electron chi connectivity index (χ2n) is 4.39. The van der Waals surface area contributed by atoms with Gasteiger partial charge in [-0.25, -0.2) is 0 Å². The SMILES string of the molecule is C=CCOCC(COC=C)(COCC=C)COCC=C. The average molecular weight is 282 g/mol. The van der Waals surface area contributed by atoms with Crippen molar-refractivity contribution in [1.82, 2.24) is 0 Å². The number of hydrogen-bond donors (Lipinski definition) is 0. The van der Waals surface area contributed by atoms with E-state index in [9.17, 15) is 0 Å². The van der Waals surface area contributed by atoms with Gasteiger partial charge in [-0.05, 0) is 0 Å². The van der Waals surface area contributed by atoms with Gasteiger partial charge in [-0.3, -0.25) is 0 Å². The molecule has 0 aliphatic heterocycles. The molecule has 0 saturated heterocycles. The van der Waals surface area contributed by atoms with Gasteiger partial charge in [0.1, 0.15) is 0 Å². The molecule has 4 heteroatoms. The Labute approximate surface area is 122 Å². The monoisotopic (exact) mass is 282 g/mol. The Morgan fingerprint density at radius 2 is 1.05 bits per heavy atom. The van der Waals surface area contributed by atoms with Crippen molar-refractivity contribution < 1.29 is 18.9 Å². The fourth-order valence-corrected chi connectivity index (χ4v) is 1.56. The minimum Gasteiger partial charge on any atom is -0.501 e. The van der Waals surface area contributed by atoms with Crippen LogP contribution in [0.25, 0.3) is 0 Å². The van der Waals surface area contributed by atoms with Crippen molar-refractivity contribution in [1.29, 1.82) is 0 Å². The van der Waals surface area contributed by atoms with Gasteiger partial charge >= 0.3 is 0 Å². The van der Waals surface area contributed by atoms with E-state index in [2.05, 4.69) is 26.3 Å². The summed E-state index contributed by atoms with van der Waals surface area (Å²) in [4.78, 5) is 0. The third kappa shape index (κ3) is 8.69. The fourth-order valence-electron chi connectivity index (χ4n) is 1.56. The number of hydrogen-bond acceptors (Lipinski definition) is 4.